The number of sulfonamides is 1. The average molecular weight is 503 g/mol. The molecule has 9 nitrogen and oxygen atoms in total. The van der Waals surface area contributed by atoms with Crippen molar-refractivity contribution < 1.29 is 13.2 Å². The maximum absolute atomic E-state index is 13.1. The van der Waals surface area contributed by atoms with Crippen molar-refractivity contribution in [2.45, 2.75) is 55.9 Å². The van der Waals surface area contributed by atoms with Gasteiger partial charge in [0, 0.05) is 37.1 Å². The van der Waals surface area contributed by atoms with Gasteiger partial charge in [-0.3, -0.25) is 14.7 Å². The molecule has 192 valence electrons. The van der Waals surface area contributed by atoms with E-state index in [1.165, 1.54) is 19.3 Å². The topological polar surface area (TPSA) is 134 Å². The normalized spacial score (nSPS) is 16.9. The van der Waals surface area contributed by atoms with E-state index in [1.54, 1.807) is 18.2 Å². The van der Waals surface area contributed by atoms with Gasteiger partial charge in [0.25, 0.3) is 10.0 Å². The zero-order chi connectivity index (χ0) is 25.4. The van der Waals surface area contributed by atoms with Gasteiger partial charge < -0.3 is 16.4 Å². The molecule has 1 heterocycles. The van der Waals surface area contributed by atoms with Gasteiger partial charge in [-0.1, -0.05) is 43.5 Å². The summed E-state index contributed by atoms with van der Waals surface area (Å²) in [6, 6.07) is 10.4. The van der Waals surface area contributed by atoms with E-state index in [0.717, 1.165) is 37.0 Å². The number of aliphatic imine (C=N–C) groups is 1. The Balaban J connectivity index is 1.64. The standard InChI is InChI=1S/C25H38N6O3S/c1-30(2)21-13-8-12-20-19(21)11-9-15-23(20)35(33,34)29-25(27)28-16-10-14-22(24(26)32)31-17-6-4-3-5-7-18-31/h8-9,11-13,15,22H,3-7,10,14,16-18H2,1-2H3,(H2,26,32)(H3,27,28,29)/t22-/m0/s1. The third kappa shape index (κ3) is 7.08. The quantitative estimate of drug-likeness (QED) is 0.274. The monoisotopic (exact) mass is 502 g/mol. The number of fused-ring (bicyclic) bond motifs is 1. The molecule has 2 aromatic carbocycles. The number of anilines is 1. The third-order valence-corrected chi connectivity index (χ3v) is 7.86. The molecule has 1 saturated heterocycles. The highest BCUT2D eigenvalue weighted by molar-refractivity contribution is 7.90. The smallest absolute Gasteiger partial charge is 0.264 e. The summed E-state index contributed by atoms with van der Waals surface area (Å²) in [6.45, 7) is 2.05. The number of hydrogen-bond donors (Lipinski definition) is 3. The number of nitrogens with one attached hydrogen (secondary N) is 1. The Morgan fingerprint density at radius 1 is 1.03 bits per heavy atom. The van der Waals surface area contributed by atoms with Crippen LogP contribution in [-0.4, -0.2) is 65.0 Å². The summed E-state index contributed by atoms with van der Waals surface area (Å²) in [6.07, 6.45) is 6.88. The van der Waals surface area contributed by atoms with E-state index < -0.39 is 10.0 Å². The van der Waals surface area contributed by atoms with Crippen LogP contribution in [-0.2, 0) is 14.8 Å². The van der Waals surface area contributed by atoms with E-state index in [-0.39, 0.29) is 22.8 Å². The molecule has 0 spiro atoms. The second kappa shape index (κ2) is 12.2. The van der Waals surface area contributed by atoms with Gasteiger partial charge in [0.1, 0.15) is 0 Å². The first-order valence-corrected chi connectivity index (χ1v) is 13.7. The van der Waals surface area contributed by atoms with Crippen LogP contribution in [0.25, 0.3) is 10.8 Å². The van der Waals surface area contributed by atoms with E-state index in [4.69, 9.17) is 11.5 Å². The van der Waals surface area contributed by atoms with Crippen LogP contribution in [0.15, 0.2) is 46.3 Å². The van der Waals surface area contributed by atoms with Crippen LogP contribution < -0.4 is 21.1 Å². The minimum Gasteiger partial charge on any atom is -0.377 e. The summed E-state index contributed by atoms with van der Waals surface area (Å²) in [5.41, 5.74) is 12.5. The van der Waals surface area contributed by atoms with Crippen molar-refractivity contribution in [1.29, 1.82) is 0 Å². The number of likely N-dealkylation sites (tertiary alicyclic amines) is 1. The second-order valence-electron chi connectivity index (χ2n) is 9.26. The molecule has 0 aliphatic carbocycles. The van der Waals surface area contributed by atoms with Crippen LogP contribution in [0.3, 0.4) is 0 Å². The molecule has 35 heavy (non-hydrogen) atoms. The maximum Gasteiger partial charge on any atom is 0.264 e. The Morgan fingerprint density at radius 3 is 2.31 bits per heavy atom. The van der Waals surface area contributed by atoms with Gasteiger partial charge in [-0.05, 0) is 50.9 Å². The summed E-state index contributed by atoms with van der Waals surface area (Å²) < 4.78 is 28.6. The van der Waals surface area contributed by atoms with Crippen LogP contribution in [0.5, 0.6) is 0 Å². The Morgan fingerprint density at radius 2 is 1.66 bits per heavy atom. The fourth-order valence-corrected chi connectivity index (χ4v) is 5.86. The van der Waals surface area contributed by atoms with E-state index in [1.807, 2.05) is 37.2 Å². The SMILES string of the molecule is CN(C)c1cccc2c(S(=O)(=O)NC(N)=NCCC[C@@H](C(N)=O)N3CCCCCCC3)cccc12. The number of guanidine groups is 1. The van der Waals surface area contributed by atoms with E-state index in [9.17, 15) is 13.2 Å². The lowest BCUT2D eigenvalue weighted by Crippen LogP contribution is -2.46. The van der Waals surface area contributed by atoms with Crippen molar-refractivity contribution in [3.8, 4) is 0 Å². The molecule has 0 radical (unpaired) electrons. The van der Waals surface area contributed by atoms with Crippen molar-refractivity contribution in [3.05, 3.63) is 36.4 Å². The van der Waals surface area contributed by atoms with Gasteiger partial charge in [-0.15, -0.1) is 0 Å². The van der Waals surface area contributed by atoms with E-state index >= 15 is 0 Å². The molecule has 2 aromatic rings. The van der Waals surface area contributed by atoms with Gasteiger partial charge in [0.05, 0.1) is 10.9 Å². The maximum atomic E-state index is 13.1. The van der Waals surface area contributed by atoms with Crippen molar-refractivity contribution in [2.75, 3.05) is 38.6 Å². The van der Waals surface area contributed by atoms with Crippen LogP contribution in [0.1, 0.15) is 44.9 Å². The van der Waals surface area contributed by atoms with Crippen LogP contribution in [0.4, 0.5) is 5.69 Å². The summed E-state index contributed by atoms with van der Waals surface area (Å²) in [5.74, 6) is -0.496. The van der Waals surface area contributed by atoms with Gasteiger partial charge >= 0.3 is 0 Å². The fraction of sp³-hybridized carbons (Fsp3) is 0.520. The Hall–Kier alpha value is -2.85. The minimum absolute atomic E-state index is 0.141. The molecule has 10 heteroatoms. The molecule has 5 N–H and O–H groups in total. The number of nitrogens with two attached hydrogens (primary N) is 2. The van der Waals surface area contributed by atoms with Crippen LogP contribution in [0, 0.1) is 0 Å². The van der Waals surface area contributed by atoms with Crippen LogP contribution in [0.2, 0.25) is 0 Å². The Labute approximate surface area is 208 Å². The predicted octanol–water partition coefficient (Wildman–Crippen LogP) is 2.40. The zero-order valence-corrected chi connectivity index (χ0v) is 21.6. The summed E-state index contributed by atoms with van der Waals surface area (Å²) >= 11 is 0. The molecule has 0 unspecified atom stereocenters. The van der Waals surface area contributed by atoms with E-state index in [2.05, 4.69) is 14.6 Å². The molecule has 3 rings (SSSR count). The Kier molecular flexibility index (Phi) is 9.33. The summed E-state index contributed by atoms with van der Waals surface area (Å²) in [5, 5.41) is 1.44. The zero-order valence-electron chi connectivity index (χ0n) is 20.7. The van der Waals surface area contributed by atoms with Crippen molar-refractivity contribution in [2.24, 2.45) is 16.5 Å². The van der Waals surface area contributed by atoms with Crippen molar-refractivity contribution >= 4 is 38.3 Å². The number of hydrogen-bond acceptors (Lipinski definition) is 6. The number of benzene rings is 2. The van der Waals surface area contributed by atoms with Gasteiger partial charge in [0.2, 0.25) is 11.9 Å². The number of rotatable bonds is 9. The highest BCUT2D eigenvalue weighted by Crippen LogP contribution is 2.30. The molecular formula is C25H38N6O3S. The molecule has 1 aliphatic heterocycles. The van der Waals surface area contributed by atoms with Gasteiger partial charge in [-0.25, -0.2) is 13.1 Å². The molecule has 1 amide bonds. The first-order chi connectivity index (χ1) is 16.7. The highest BCUT2D eigenvalue weighted by atomic mass is 32.2. The lowest BCUT2D eigenvalue weighted by Gasteiger charge is -2.31. The van der Waals surface area contributed by atoms with Crippen LogP contribution >= 0.6 is 0 Å². The number of primary amides is 1. The molecule has 1 aliphatic rings. The molecule has 0 aromatic heterocycles. The minimum atomic E-state index is -3.93. The average Bonchev–Trinajstić information content (AvgIpc) is 2.78. The number of carbonyl (C=O) groups is 1. The number of amides is 1. The molecular weight excluding hydrogens is 464 g/mol. The first kappa shape index (κ1) is 26.7. The highest BCUT2D eigenvalue weighted by Gasteiger charge is 2.24. The molecule has 0 bridgehead atoms. The second-order valence-corrected chi connectivity index (χ2v) is 10.9. The molecule has 1 atom stereocenters. The summed E-state index contributed by atoms with van der Waals surface area (Å²) in [7, 11) is -0.102. The largest absolute Gasteiger partial charge is 0.377 e. The lowest BCUT2D eigenvalue weighted by molar-refractivity contribution is -0.123. The third-order valence-electron chi connectivity index (χ3n) is 6.45. The van der Waals surface area contributed by atoms with E-state index in [0.29, 0.717) is 24.8 Å². The van der Waals surface area contributed by atoms with Gasteiger partial charge in [-0.2, -0.15) is 0 Å². The first-order valence-electron chi connectivity index (χ1n) is 12.3. The van der Waals surface area contributed by atoms with Crippen molar-refractivity contribution in [1.82, 2.24) is 9.62 Å². The molecule has 0 saturated carbocycles. The Bertz CT molecular complexity index is 1140. The predicted molar refractivity (Wildman–Crippen MR) is 142 cm³/mol. The summed E-state index contributed by atoms with van der Waals surface area (Å²) in [4.78, 5) is 20.5. The molecule has 1 fully saturated rings. The number of nitrogens with zero attached hydrogens (tertiary/aromatic N) is 3. The fourth-order valence-electron chi connectivity index (χ4n) is 4.69. The van der Waals surface area contributed by atoms with Crippen molar-refractivity contribution in [3.63, 3.8) is 0 Å². The number of carbonyl (C=O) groups excluding carboxylic acids is 1. The van der Waals surface area contributed by atoms with Gasteiger partial charge in [0.15, 0.2) is 0 Å². The lowest BCUT2D eigenvalue weighted by atomic mass is 10.0.